The number of ketones is 1. The van der Waals surface area contributed by atoms with E-state index in [4.69, 9.17) is 9.47 Å². The molecule has 1 N–H and O–H groups in total. The molecule has 1 fully saturated rings. The Morgan fingerprint density at radius 1 is 0.880 bits per heavy atom. The number of aryl methyl sites for hydroxylation is 2. The molecule has 1 aliphatic rings. The summed E-state index contributed by atoms with van der Waals surface area (Å²) in [5.74, 6) is -0.305. The van der Waals surface area contributed by atoms with E-state index in [1.807, 2.05) is 80.6 Å². The van der Waals surface area contributed by atoms with Crippen LogP contribution in [0.3, 0.4) is 0 Å². The molecule has 1 amide bonds. The van der Waals surface area contributed by atoms with Crippen molar-refractivity contribution in [3.8, 4) is 11.5 Å². The van der Waals surface area contributed by atoms with Gasteiger partial charge in [-0.1, -0.05) is 120 Å². The van der Waals surface area contributed by atoms with Crippen molar-refractivity contribution in [1.29, 1.82) is 0 Å². The Morgan fingerprint density at radius 2 is 1.66 bits per heavy atom. The molecule has 50 heavy (non-hydrogen) atoms. The number of hydrogen-bond donors (Lipinski definition) is 1. The fourth-order valence-electron chi connectivity index (χ4n) is 6.11. The molecule has 1 atom stereocenters. The van der Waals surface area contributed by atoms with Gasteiger partial charge < -0.3 is 14.6 Å². The lowest BCUT2D eigenvalue weighted by atomic mass is 9.93. The minimum absolute atomic E-state index is 0.0381. The number of rotatable bonds is 10. The number of anilines is 1. The van der Waals surface area contributed by atoms with Crippen LogP contribution >= 0.6 is 23.1 Å². The quantitative estimate of drug-likeness (QED) is 0.0498. The van der Waals surface area contributed by atoms with Gasteiger partial charge in [0.25, 0.3) is 5.78 Å². The SMILES string of the molecule is COc1cc(C2/C(=C(\O)c3cc(C)ccc3C)C(=O)C(=O)N2c2nnc(SCc3cccc4ccccc34)s2)ccc1OCc1ccccc1. The van der Waals surface area contributed by atoms with Crippen molar-refractivity contribution in [3.05, 3.63) is 148 Å². The zero-order valence-electron chi connectivity index (χ0n) is 27.6. The van der Waals surface area contributed by atoms with Crippen molar-refractivity contribution in [2.24, 2.45) is 0 Å². The van der Waals surface area contributed by atoms with Gasteiger partial charge in [0.15, 0.2) is 15.8 Å². The zero-order valence-corrected chi connectivity index (χ0v) is 29.3. The monoisotopic (exact) mass is 699 g/mol. The van der Waals surface area contributed by atoms with Crippen LogP contribution in [0.25, 0.3) is 16.5 Å². The van der Waals surface area contributed by atoms with Crippen molar-refractivity contribution >= 4 is 56.5 Å². The molecule has 5 aromatic carbocycles. The maximum atomic E-state index is 13.9. The normalized spacial score (nSPS) is 15.5. The van der Waals surface area contributed by atoms with Crippen LogP contribution in [0.15, 0.2) is 119 Å². The largest absolute Gasteiger partial charge is 0.507 e. The molecule has 1 unspecified atom stereocenters. The predicted octanol–water partition coefficient (Wildman–Crippen LogP) is 8.81. The number of ether oxygens (including phenoxy) is 2. The van der Waals surface area contributed by atoms with Gasteiger partial charge in [0.1, 0.15) is 12.4 Å². The molecule has 250 valence electrons. The van der Waals surface area contributed by atoms with E-state index < -0.39 is 17.7 Å². The lowest BCUT2D eigenvalue weighted by Crippen LogP contribution is -2.29. The number of carbonyl (C=O) groups is 2. The summed E-state index contributed by atoms with van der Waals surface area (Å²) >= 11 is 2.74. The maximum Gasteiger partial charge on any atom is 0.301 e. The highest BCUT2D eigenvalue weighted by molar-refractivity contribution is 8.00. The summed E-state index contributed by atoms with van der Waals surface area (Å²) in [5.41, 5.74) is 4.80. The second kappa shape index (κ2) is 14.2. The third-order valence-corrected chi connectivity index (χ3v) is 10.8. The van der Waals surface area contributed by atoms with Crippen LogP contribution in [0.1, 0.15) is 39.4 Å². The summed E-state index contributed by atoms with van der Waals surface area (Å²) in [6.45, 7) is 4.08. The van der Waals surface area contributed by atoms with Crippen LogP contribution in [0.4, 0.5) is 5.13 Å². The highest BCUT2D eigenvalue weighted by Crippen LogP contribution is 2.46. The molecule has 1 aliphatic heterocycles. The fourth-order valence-corrected chi connectivity index (χ4v) is 7.98. The molecule has 10 heteroatoms. The molecular formula is C40H33N3O5S2. The van der Waals surface area contributed by atoms with E-state index in [9.17, 15) is 14.7 Å². The van der Waals surface area contributed by atoms with Gasteiger partial charge in [0, 0.05) is 11.3 Å². The summed E-state index contributed by atoms with van der Waals surface area (Å²) in [4.78, 5) is 29.1. The molecule has 1 saturated heterocycles. The summed E-state index contributed by atoms with van der Waals surface area (Å²) < 4.78 is 12.5. The fraction of sp³-hybridized carbons (Fsp3) is 0.150. The Hall–Kier alpha value is -5.45. The number of carbonyl (C=O) groups excluding carboxylic acids is 2. The van der Waals surface area contributed by atoms with E-state index in [1.54, 1.807) is 18.2 Å². The molecule has 1 aromatic heterocycles. The second-order valence-corrected chi connectivity index (χ2v) is 14.1. The Bertz CT molecular complexity index is 2260. The Morgan fingerprint density at radius 3 is 2.48 bits per heavy atom. The van der Waals surface area contributed by atoms with Crippen LogP contribution in [0.5, 0.6) is 11.5 Å². The van der Waals surface area contributed by atoms with E-state index in [2.05, 4.69) is 34.5 Å². The first-order valence-electron chi connectivity index (χ1n) is 16.0. The summed E-state index contributed by atoms with van der Waals surface area (Å²) in [7, 11) is 1.53. The number of nitrogens with zero attached hydrogens (tertiary/aromatic N) is 3. The number of thioether (sulfide) groups is 1. The average molecular weight is 700 g/mol. The standard InChI is InChI=1S/C40H33N3O5S2/c1-24-16-17-25(2)31(20-24)36(44)34-35(28-18-19-32(33(21-28)47-3)48-22-26-10-5-4-6-11-26)43(38(46)37(34)45)39-41-42-40(50-39)49-23-29-14-9-13-27-12-7-8-15-30(27)29/h4-21,35,44H,22-23H2,1-3H3/b36-34+. The van der Waals surface area contributed by atoms with Gasteiger partial charge in [0.05, 0.1) is 18.7 Å². The summed E-state index contributed by atoms with van der Waals surface area (Å²) in [5, 5.41) is 23.2. The molecule has 8 nitrogen and oxygen atoms in total. The van der Waals surface area contributed by atoms with Crippen molar-refractivity contribution in [2.45, 2.75) is 36.6 Å². The molecule has 0 radical (unpaired) electrons. The van der Waals surface area contributed by atoms with Gasteiger partial charge >= 0.3 is 5.91 Å². The Balaban J connectivity index is 1.27. The van der Waals surface area contributed by atoms with Crippen molar-refractivity contribution in [2.75, 3.05) is 12.0 Å². The number of benzene rings is 5. The number of amides is 1. The van der Waals surface area contributed by atoms with Crippen LogP contribution in [0.2, 0.25) is 0 Å². The summed E-state index contributed by atoms with van der Waals surface area (Å²) in [6.07, 6.45) is 0. The number of fused-ring (bicyclic) bond motifs is 1. The Labute approximate surface area is 298 Å². The number of hydrogen-bond acceptors (Lipinski definition) is 9. The van der Waals surface area contributed by atoms with E-state index in [0.29, 0.717) is 39.3 Å². The van der Waals surface area contributed by atoms with E-state index >= 15 is 0 Å². The number of Topliss-reactive ketones (excluding diaryl/α,β-unsaturated/α-hetero) is 1. The van der Waals surface area contributed by atoms with Crippen LogP contribution in [0, 0.1) is 13.8 Å². The van der Waals surface area contributed by atoms with Crippen LogP contribution < -0.4 is 14.4 Å². The lowest BCUT2D eigenvalue weighted by Gasteiger charge is -2.23. The van der Waals surface area contributed by atoms with Crippen LogP contribution in [-0.2, 0) is 21.9 Å². The molecule has 6 aromatic rings. The minimum atomic E-state index is -1.00. The molecule has 0 saturated carbocycles. The summed E-state index contributed by atoms with van der Waals surface area (Å²) in [6, 6.07) is 34.1. The molecular weight excluding hydrogens is 667 g/mol. The highest BCUT2D eigenvalue weighted by atomic mass is 32.2. The number of methoxy groups -OCH3 is 1. The molecule has 0 bridgehead atoms. The van der Waals surface area contributed by atoms with Gasteiger partial charge in [0.2, 0.25) is 5.13 Å². The third-order valence-electron chi connectivity index (χ3n) is 8.67. The lowest BCUT2D eigenvalue weighted by molar-refractivity contribution is -0.132. The van der Waals surface area contributed by atoms with Crippen molar-refractivity contribution < 1.29 is 24.2 Å². The van der Waals surface area contributed by atoms with E-state index in [1.165, 1.54) is 35.1 Å². The second-order valence-electron chi connectivity index (χ2n) is 11.9. The molecule has 0 aliphatic carbocycles. The van der Waals surface area contributed by atoms with Gasteiger partial charge in [-0.05, 0) is 65.1 Å². The molecule has 7 rings (SSSR count). The number of aliphatic hydroxyl groups is 1. The Kier molecular flexibility index (Phi) is 9.38. The predicted molar refractivity (Wildman–Crippen MR) is 198 cm³/mol. The zero-order chi connectivity index (χ0) is 34.8. The third kappa shape index (κ3) is 6.47. The van der Waals surface area contributed by atoms with Gasteiger partial charge in [-0.2, -0.15) is 0 Å². The minimum Gasteiger partial charge on any atom is -0.507 e. The van der Waals surface area contributed by atoms with Crippen molar-refractivity contribution in [3.63, 3.8) is 0 Å². The van der Waals surface area contributed by atoms with E-state index in [-0.39, 0.29) is 16.5 Å². The smallest absolute Gasteiger partial charge is 0.301 e. The molecule has 2 heterocycles. The van der Waals surface area contributed by atoms with Gasteiger partial charge in [-0.15, -0.1) is 10.2 Å². The van der Waals surface area contributed by atoms with Crippen molar-refractivity contribution in [1.82, 2.24) is 10.2 Å². The first kappa shape index (κ1) is 33.1. The topological polar surface area (TPSA) is 102 Å². The number of aromatic nitrogens is 2. The first-order chi connectivity index (χ1) is 24.3. The average Bonchev–Trinajstić information content (AvgIpc) is 3.72. The van der Waals surface area contributed by atoms with E-state index in [0.717, 1.165) is 33.0 Å². The number of aliphatic hydroxyl groups excluding tert-OH is 1. The van der Waals surface area contributed by atoms with Crippen LogP contribution in [-0.4, -0.2) is 34.1 Å². The van der Waals surface area contributed by atoms with Gasteiger partial charge in [-0.25, -0.2) is 0 Å². The first-order valence-corrected chi connectivity index (χ1v) is 17.8. The highest BCUT2D eigenvalue weighted by Gasteiger charge is 2.48. The maximum absolute atomic E-state index is 13.9. The van der Waals surface area contributed by atoms with Gasteiger partial charge in [-0.3, -0.25) is 14.5 Å². The molecule has 0 spiro atoms.